The van der Waals surface area contributed by atoms with Crippen LogP contribution in [0.25, 0.3) is 10.9 Å². The van der Waals surface area contributed by atoms with Gasteiger partial charge in [-0.2, -0.15) is 0 Å². The number of fused-ring (bicyclic) bond motifs is 1. The summed E-state index contributed by atoms with van der Waals surface area (Å²) in [4.78, 5) is 3.44. The van der Waals surface area contributed by atoms with Crippen LogP contribution in [0, 0.1) is 6.92 Å². The maximum Gasteiger partial charge on any atom is 0.0458 e. The van der Waals surface area contributed by atoms with Crippen LogP contribution in [-0.4, -0.2) is 10.5 Å². The minimum Gasteiger partial charge on any atom is -0.358 e. The van der Waals surface area contributed by atoms with Crippen LogP contribution in [0.15, 0.2) is 24.3 Å². The molecule has 3 N–H and O–H groups in total. The van der Waals surface area contributed by atoms with Crippen molar-refractivity contribution in [1.82, 2.24) is 4.98 Å². The van der Waals surface area contributed by atoms with Crippen LogP contribution >= 0.6 is 0 Å². The second-order valence-electron chi connectivity index (χ2n) is 5.14. The Morgan fingerprint density at radius 2 is 2.06 bits per heavy atom. The average molecular weight is 214 g/mol. The van der Waals surface area contributed by atoms with Gasteiger partial charge in [0.2, 0.25) is 0 Å². The summed E-state index contributed by atoms with van der Waals surface area (Å²) in [7, 11) is 0. The highest BCUT2D eigenvalue weighted by atomic mass is 14.8. The zero-order valence-electron chi connectivity index (χ0n) is 9.72. The molecule has 0 unspecified atom stereocenters. The van der Waals surface area contributed by atoms with Crippen molar-refractivity contribution < 1.29 is 0 Å². The van der Waals surface area contributed by atoms with Crippen LogP contribution in [0.4, 0.5) is 0 Å². The summed E-state index contributed by atoms with van der Waals surface area (Å²) < 4.78 is 0. The quantitative estimate of drug-likeness (QED) is 0.810. The fourth-order valence-corrected chi connectivity index (χ4v) is 2.44. The van der Waals surface area contributed by atoms with Gasteiger partial charge in [-0.25, -0.2) is 0 Å². The first-order chi connectivity index (χ1) is 7.68. The highest BCUT2D eigenvalue weighted by Crippen LogP contribution is 2.37. The van der Waals surface area contributed by atoms with E-state index in [-0.39, 0.29) is 5.54 Å². The molecular weight excluding hydrogens is 196 g/mol. The van der Waals surface area contributed by atoms with E-state index >= 15 is 0 Å². The summed E-state index contributed by atoms with van der Waals surface area (Å²) in [5, 5.41) is 1.37. The molecule has 2 aromatic rings. The normalized spacial score (nSPS) is 17.9. The van der Waals surface area contributed by atoms with Gasteiger partial charge in [-0.15, -0.1) is 0 Å². The molecule has 0 spiro atoms. The third kappa shape index (κ3) is 1.63. The van der Waals surface area contributed by atoms with Crippen LogP contribution in [0.5, 0.6) is 0 Å². The molecule has 1 fully saturated rings. The maximum atomic E-state index is 6.15. The molecule has 1 aliphatic rings. The van der Waals surface area contributed by atoms with Gasteiger partial charge in [0.25, 0.3) is 0 Å². The lowest BCUT2D eigenvalue weighted by Crippen LogP contribution is -2.22. The van der Waals surface area contributed by atoms with E-state index in [4.69, 9.17) is 5.73 Å². The van der Waals surface area contributed by atoms with Gasteiger partial charge in [0.1, 0.15) is 0 Å². The topological polar surface area (TPSA) is 41.8 Å². The van der Waals surface area contributed by atoms with Crippen LogP contribution < -0.4 is 5.73 Å². The van der Waals surface area contributed by atoms with E-state index < -0.39 is 0 Å². The van der Waals surface area contributed by atoms with Crippen LogP contribution in [0.3, 0.4) is 0 Å². The van der Waals surface area contributed by atoms with E-state index in [1.165, 1.54) is 35.0 Å². The third-order valence-electron chi connectivity index (χ3n) is 3.79. The van der Waals surface area contributed by atoms with Gasteiger partial charge < -0.3 is 10.7 Å². The molecule has 2 nitrogen and oxygen atoms in total. The van der Waals surface area contributed by atoms with E-state index in [1.54, 1.807) is 0 Å². The second kappa shape index (κ2) is 3.36. The number of hydrogen-bond acceptors (Lipinski definition) is 1. The Labute approximate surface area is 95.8 Å². The van der Waals surface area contributed by atoms with Crippen molar-refractivity contribution in [2.24, 2.45) is 5.73 Å². The fourth-order valence-electron chi connectivity index (χ4n) is 2.44. The first kappa shape index (κ1) is 9.91. The van der Waals surface area contributed by atoms with Crippen molar-refractivity contribution in [3.05, 3.63) is 35.5 Å². The first-order valence-corrected chi connectivity index (χ1v) is 6.03. The molecule has 3 rings (SSSR count). The highest BCUT2D eigenvalue weighted by molar-refractivity contribution is 5.84. The molecule has 1 saturated carbocycles. The molecule has 0 atom stereocenters. The van der Waals surface area contributed by atoms with E-state index in [9.17, 15) is 0 Å². The van der Waals surface area contributed by atoms with E-state index in [1.807, 2.05) is 0 Å². The van der Waals surface area contributed by atoms with Gasteiger partial charge in [-0.1, -0.05) is 18.2 Å². The molecule has 84 valence electrons. The van der Waals surface area contributed by atoms with Gasteiger partial charge in [-0.05, 0) is 44.2 Å². The number of benzene rings is 1. The number of aromatic nitrogens is 1. The fraction of sp³-hybridized carbons (Fsp3) is 0.429. The zero-order chi connectivity index (χ0) is 11.2. The summed E-state index contributed by atoms with van der Waals surface area (Å²) in [6, 6.07) is 8.52. The van der Waals surface area contributed by atoms with Crippen molar-refractivity contribution >= 4 is 10.9 Å². The lowest BCUT2D eigenvalue weighted by atomic mass is 10.0. The molecule has 0 radical (unpaired) electrons. The van der Waals surface area contributed by atoms with Crippen LogP contribution in [0.2, 0.25) is 0 Å². The Morgan fingerprint density at radius 1 is 1.31 bits per heavy atom. The predicted octanol–water partition coefficient (Wildman–Crippen LogP) is 2.90. The Kier molecular flexibility index (Phi) is 2.08. The monoisotopic (exact) mass is 214 g/mol. The van der Waals surface area contributed by atoms with E-state index in [0.29, 0.717) is 0 Å². The summed E-state index contributed by atoms with van der Waals surface area (Å²) in [5.41, 5.74) is 10.3. The molecule has 1 heterocycles. The molecular formula is C14H18N2. The smallest absolute Gasteiger partial charge is 0.0458 e. The van der Waals surface area contributed by atoms with Crippen LogP contribution in [-0.2, 0) is 6.42 Å². The zero-order valence-corrected chi connectivity index (χ0v) is 9.72. The van der Waals surface area contributed by atoms with Gasteiger partial charge in [0.05, 0.1) is 0 Å². The van der Waals surface area contributed by atoms with Gasteiger partial charge in [0.15, 0.2) is 0 Å². The average Bonchev–Trinajstić information content (AvgIpc) is 2.91. The molecule has 0 aliphatic heterocycles. The number of para-hydroxylation sites is 1. The summed E-state index contributed by atoms with van der Waals surface area (Å²) in [5.74, 6) is 0. The molecule has 1 aromatic carbocycles. The Balaban J connectivity index is 1.92. The Hall–Kier alpha value is -1.28. The third-order valence-corrected chi connectivity index (χ3v) is 3.79. The van der Waals surface area contributed by atoms with Crippen LogP contribution in [0.1, 0.15) is 30.5 Å². The molecule has 0 bridgehead atoms. The largest absolute Gasteiger partial charge is 0.358 e. The van der Waals surface area contributed by atoms with Gasteiger partial charge >= 0.3 is 0 Å². The molecule has 2 heteroatoms. The molecule has 16 heavy (non-hydrogen) atoms. The summed E-state index contributed by atoms with van der Waals surface area (Å²) in [6.45, 7) is 2.16. The Morgan fingerprint density at radius 3 is 2.81 bits per heavy atom. The second-order valence-corrected chi connectivity index (χ2v) is 5.14. The maximum absolute atomic E-state index is 6.15. The number of hydrogen-bond donors (Lipinski definition) is 2. The lowest BCUT2D eigenvalue weighted by molar-refractivity contribution is 0.609. The molecule has 1 aliphatic carbocycles. The number of H-pyrrole nitrogens is 1. The van der Waals surface area contributed by atoms with Crippen molar-refractivity contribution in [2.45, 2.75) is 38.1 Å². The standard InChI is InChI=1S/C14H18N2/c1-10-11(6-7-14(15)8-9-14)12-4-2-3-5-13(12)16-10/h2-5,16H,6-9,15H2,1H3. The van der Waals surface area contributed by atoms with E-state index in [0.717, 1.165) is 12.8 Å². The number of aryl methyl sites for hydroxylation is 2. The number of aromatic amines is 1. The minimum absolute atomic E-state index is 0.158. The molecule has 0 saturated heterocycles. The molecule has 1 aromatic heterocycles. The van der Waals surface area contributed by atoms with Crippen molar-refractivity contribution in [3.63, 3.8) is 0 Å². The van der Waals surface area contributed by atoms with Gasteiger partial charge in [-0.3, -0.25) is 0 Å². The number of nitrogens with two attached hydrogens (primary N) is 1. The SMILES string of the molecule is Cc1[nH]c2ccccc2c1CCC1(N)CC1. The first-order valence-electron chi connectivity index (χ1n) is 6.03. The molecule has 0 amide bonds. The minimum atomic E-state index is 0.158. The number of rotatable bonds is 3. The lowest BCUT2D eigenvalue weighted by Gasteiger charge is -2.08. The van der Waals surface area contributed by atoms with Crippen molar-refractivity contribution in [3.8, 4) is 0 Å². The van der Waals surface area contributed by atoms with E-state index in [2.05, 4.69) is 36.2 Å². The van der Waals surface area contributed by atoms with Crippen molar-refractivity contribution in [2.75, 3.05) is 0 Å². The Bertz CT molecular complexity index is 521. The highest BCUT2D eigenvalue weighted by Gasteiger charge is 2.37. The van der Waals surface area contributed by atoms with Crippen molar-refractivity contribution in [1.29, 1.82) is 0 Å². The summed E-state index contributed by atoms with van der Waals surface area (Å²) in [6.07, 6.45) is 4.63. The predicted molar refractivity (Wildman–Crippen MR) is 67.5 cm³/mol. The number of nitrogens with one attached hydrogen (secondary N) is 1. The van der Waals surface area contributed by atoms with Gasteiger partial charge in [0, 0.05) is 22.1 Å². The summed E-state index contributed by atoms with van der Waals surface area (Å²) >= 11 is 0.